The fraction of sp³-hybridized carbons (Fsp3) is 0.143. The Balaban J connectivity index is 2.44. The molecule has 0 unspecified atom stereocenters. The molecule has 0 spiro atoms. The number of benzene rings is 2. The molecule has 0 amide bonds. The number of hydrogen-bond acceptors (Lipinski definition) is 2. The number of hydrogen-bond donors (Lipinski definition) is 0. The molecule has 0 bridgehead atoms. The molecule has 0 N–H and O–H groups in total. The minimum absolute atomic E-state index is 0.335. The van der Waals surface area contributed by atoms with Crippen LogP contribution >= 0.6 is 11.6 Å². The molecule has 0 saturated carbocycles. The number of sulfone groups is 1. The van der Waals surface area contributed by atoms with Crippen LogP contribution in [0.4, 0.5) is 0 Å². The van der Waals surface area contributed by atoms with Crippen molar-refractivity contribution < 1.29 is 8.42 Å². The van der Waals surface area contributed by atoms with E-state index in [0.29, 0.717) is 10.8 Å². The summed E-state index contributed by atoms with van der Waals surface area (Å²) in [4.78, 5) is 0.335. The standard InChI is InChI=1S/C14H13ClO2S/c1-18(16,17)14-4-2-3-13(9-14)12-7-5-11(10-15)6-8-12/h2-9H,10H2,1H3. The Hall–Kier alpha value is -1.32. The van der Waals surface area contributed by atoms with Crippen LogP contribution in [-0.4, -0.2) is 14.7 Å². The van der Waals surface area contributed by atoms with E-state index in [9.17, 15) is 8.42 Å². The van der Waals surface area contributed by atoms with Gasteiger partial charge in [0.25, 0.3) is 0 Å². The van der Waals surface area contributed by atoms with Gasteiger partial charge in [0.15, 0.2) is 9.84 Å². The second kappa shape index (κ2) is 5.12. The van der Waals surface area contributed by atoms with Crippen LogP contribution in [0.1, 0.15) is 5.56 Å². The van der Waals surface area contributed by atoms with E-state index in [4.69, 9.17) is 11.6 Å². The first-order valence-corrected chi connectivity index (χ1v) is 7.89. The Bertz CT molecular complexity index is 646. The molecule has 2 aromatic rings. The van der Waals surface area contributed by atoms with Gasteiger partial charge in [-0.2, -0.15) is 0 Å². The van der Waals surface area contributed by atoms with Gasteiger partial charge in [-0.3, -0.25) is 0 Å². The Morgan fingerprint density at radius 2 is 1.67 bits per heavy atom. The maximum absolute atomic E-state index is 11.5. The second-order valence-corrected chi connectivity index (χ2v) is 6.41. The zero-order valence-corrected chi connectivity index (χ0v) is 11.5. The predicted octanol–water partition coefficient (Wildman–Crippen LogP) is 3.50. The van der Waals surface area contributed by atoms with Crippen molar-refractivity contribution in [2.75, 3.05) is 6.26 Å². The predicted molar refractivity (Wildman–Crippen MR) is 74.5 cm³/mol. The van der Waals surface area contributed by atoms with Gasteiger partial charge in [0.05, 0.1) is 4.90 Å². The van der Waals surface area contributed by atoms with Crippen molar-refractivity contribution in [1.29, 1.82) is 0 Å². The Morgan fingerprint density at radius 1 is 1.00 bits per heavy atom. The van der Waals surface area contributed by atoms with Crippen LogP contribution in [0.3, 0.4) is 0 Å². The van der Waals surface area contributed by atoms with Crippen LogP contribution in [0.15, 0.2) is 53.4 Å². The average Bonchev–Trinajstić information content (AvgIpc) is 2.38. The van der Waals surface area contributed by atoms with E-state index >= 15 is 0 Å². The van der Waals surface area contributed by atoms with E-state index < -0.39 is 9.84 Å². The molecule has 0 heterocycles. The van der Waals surface area contributed by atoms with Gasteiger partial charge >= 0.3 is 0 Å². The molecule has 2 nitrogen and oxygen atoms in total. The molecule has 94 valence electrons. The maximum Gasteiger partial charge on any atom is 0.175 e. The van der Waals surface area contributed by atoms with Crippen molar-refractivity contribution in [3.63, 3.8) is 0 Å². The third kappa shape index (κ3) is 2.92. The highest BCUT2D eigenvalue weighted by Gasteiger charge is 2.08. The minimum atomic E-state index is -3.17. The normalized spacial score (nSPS) is 11.4. The monoisotopic (exact) mass is 280 g/mol. The highest BCUT2D eigenvalue weighted by molar-refractivity contribution is 7.90. The lowest BCUT2D eigenvalue weighted by Crippen LogP contribution is -1.96. The lowest BCUT2D eigenvalue weighted by atomic mass is 10.0. The third-order valence-corrected chi connectivity index (χ3v) is 4.12. The summed E-state index contributed by atoms with van der Waals surface area (Å²) in [5.74, 6) is 0.476. The fourth-order valence-corrected chi connectivity index (χ4v) is 2.54. The molecule has 0 atom stereocenters. The summed E-state index contributed by atoms with van der Waals surface area (Å²) >= 11 is 5.73. The molecule has 2 aromatic carbocycles. The molecule has 0 aliphatic carbocycles. The van der Waals surface area contributed by atoms with Gasteiger partial charge in [-0.05, 0) is 28.8 Å². The zero-order valence-electron chi connectivity index (χ0n) is 9.93. The molecule has 4 heteroatoms. The van der Waals surface area contributed by atoms with Crippen LogP contribution in [0.25, 0.3) is 11.1 Å². The molecule has 0 aliphatic rings. The van der Waals surface area contributed by atoms with E-state index in [1.165, 1.54) is 6.26 Å². The molecule has 2 rings (SSSR count). The van der Waals surface area contributed by atoms with Crippen LogP contribution < -0.4 is 0 Å². The van der Waals surface area contributed by atoms with E-state index in [2.05, 4.69) is 0 Å². The van der Waals surface area contributed by atoms with Crippen molar-refractivity contribution >= 4 is 21.4 Å². The molecular formula is C14H13ClO2S. The molecule has 0 radical (unpaired) electrons. The molecule has 0 fully saturated rings. The molecule has 0 saturated heterocycles. The minimum Gasteiger partial charge on any atom is -0.224 e. The summed E-state index contributed by atoms with van der Waals surface area (Å²) < 4.78 is 23.0. The van der Waals surface area contributed by atoms with Crippen LogP contribution in [-0.2, 0) is 15.7 Å². The molecule has 0 aromatic heterocycles. The lowest BCUT2D eigenvalue weighted by molar-refractivity contribution is 0.602. The van der Waals surface area contributed by atoms with Crippen molar-refractivity contribution in [2.45, 2.75) is 10.8 Å². The van der Waals surface area contributed by atoms with Crippen LogP contribution in [0.2, 0.25) is 0 Å². The van der Waals surface area contributed by atoms with Gasteiger partial charge in [0.2, 0.25) is 0 Å². The number of rotatable bonds is 3. The second-order valence-electron chi connectivity index (χ2n) is 4.13. The van der Waals surface area contributed by atoms with E-state index in [1.807, 2.05) is 30.3 Å². The summed E-state index contributed by atoms with van der Waals surface area (Å²) in [6, 6.07) is 14.7. The molecule has 18 heavy (non-hydrogen) atoms. The summed E-state index contributed by atoms with van der Waals surface area (Å²) in [5, 5.41) is 0. The highest BCUT2D eigenvalue weighted by Crippen LogP contribution is 2.23. The van der Waals surface area contributed by atoms with Gasteiger partial charge in [0, 0.05) is 12.1 Å². The Labute approximate surface area is 112 Å². The van der Waals surface area contributed by atoms with Crippen LogP contribution in [0.5, 0.6) is 0 Å². The van der Waals surface area contributed by atoms with Gasteiger partial charge in [-0.25, -0.2) is 8.42 Å². The van der Waals surface area contributed by atoms with Gasteiger partial charge in [-0.1, -0.05) is 36.4 Å². The maximum atomic E-state index is 11.5. The molecule has 0 aliphatic heterocycles. The van der Waals surface area contributed by atoms with Gasteiger partial charge in [-0.15, -0.1) is 11.6 Å². The highest BCUT2D eigenvalue weighted by atomic mass is 35.5. The lowest BCUT2D eigenvalue weighted by Gasteiger charge is -2.05. The summed E-state index contributed by atoms with van der Waals surface area (Å²) in [6.07, 6.45) is 1.21. The van der Waals surface area contributed by atoms with Crippen LogP contribution in [0, 0.1) is 0 Å². The van der Waals surface area contributed by atoms with Crippen molar-refractivity contribution in [3.05, 3.63) is 54.1 Å². The topological polar surface area (TPSA) is 34.1 Å². The van der Waals surface area contributed by atoms with Gasteiger partial charge < -0.3 is 0 Å². The van der Waals surface area contributed by atoms with Crippen molar-refractivity contribution in [1.82, 2.24) is 0 Å². The molecular weight excluding hydrogens is 268 g/mol. The Morgan fingerprint density at radius 3 is 2.22 bits per heavy atom. The largest absolute Gasteiger partial charge is 0.224 e. The van der Waals surface area contributed by atoms with Gasteiger partial charge in [0.1, 0.15) is 0 Å². The van der Waals surface area contributed by atoms with Crippen molar-refractivity contribution in [3.8, 4) is 11.1 Å². The summed E-state index contributed by atoms with van der Waals surface area (Å²) in [7, 11) is -3.17. The average molecular weight is 281 g/mol. The zero-order chi connectivity index (χ0) is 13.2. The van der Waals surface area contributed by atoms with Crippen molar-refractivity contribution in [2.24, 2.45) is 0 Å². The summed E-state index contributed by atoms with van der Waals surface area (Å²) in [6.45, 7) is 0. The third-order valence-electron chi connectivity index (χ3n) is 2.70. The number of halogens is 1. The first-order valence-electron chi connectivity index (χ1n) is 5.46. The summed E-state index contributed by atoms with van der Waals surface area (Å²) in [5.41, 5.74) is 2.91. The SMILES string of the molecule is CS(=O)(=O)c1cccc(-c2ccc(CCl)cc2)c1. The quantitative estimate of drug-likeness (QED) is 0.807. The smallest absolute Gasteiger partial charge is 0.175 e. The Kier molecular flexibility index (Phi) is 3.73. The fourth-order valence-electron chi connectivity index (χ4n) is 1.69. The first kappa shape index (κ1) is 13.1. The first-order chi connectivity index (χ1) is 8.50. The van der Waals surface area contributed by atoms with E-state index in [1.54, 1.807) is 18.2 Å². The number of alkyl halides is 1. The van der Waals surface area contributed by atoms with E-state index in [-0.39, 0.29) is 0 Å². The van der Waals surface area contributed by atoms with E-state index in [0.717, 1.165) is 16.7 Å².